The summed E-state index contributed by atoms with van der Waals surface area (Å²) in [4.78, 5) is 14.8. The molecule has 4 N–H and O–H groups in total. The first-order chi connectivity index (χ1) is 13.9. The molecule has 0 atom stereocenters. The van der Waals surface area contributed by atoms with Crippen molar-refractivity contribution in [3.05, 3.63) is 83.9 Å². The molecule has 0 spiro atoms. The molecule has 0 unspecified atom stereocenters. The van der Waals surface area contributed by atoms with Gasteiger partial charge in [0.05, 0.1) is 11.4 Å². The predicted molar refractivity (Wildman–Crippen MR) is 126 cm³/mol. The van der Waals surface area contributed by atoms with E-state index in [1.807, 2.05) is 72.8 Å². The Hall–Kier alpha value is -2.41. The van der Waals surface area contributed by atoms with Crippen LogP contribution in [0.5, 0.6) is 0 Å². The van der Waals surface area contributed by atoms with Crippen molar-refractivity contribution in [3.8, 4) is 0 Å². The van der Waals surface area contributed by atoms with E-state index in [0.29, 0.717) is 5.56 Å². The van der Waals surface area contributed by atoms with Crippen LogP contribution in [-0.4, -0.2) is 5.91 Å². The fourth-order valence-electron chi connectivity index (χ4n) is 2.72. The molecule has 0 aliphatic rings. The summed E-state index contributed by atoms with van der Waals surface area (Å²) in [6.07, 6.45) is 0. The highest BCUT2D eigenvalue weighted by Crippen LogP contribution is 2.29. The molecule has 3 aromatic carbocycles. The monoisotopic (exact) mass is 423 g/mol. The normalized spacial score (nSPS) is 11.2. The minimum absolute atomic E-state index is 0.0580. The Morgan fingerprint density at radius 2 is 1.52 bits per heavy atom. The molecule has 0 saturated carbocycles. The number of benzene rings is 3. The molecule has 0 bridgehead atoms. The summed E-state index contributed by atoms with van der Waals surface area (Å²) in [7, 11) is 0. The molecule has 0 aliphatic heterocycles. The number of hydrogen-bond acceptors (Lipinski definition) is 5. The van der Waals surface area contributed by atoms with E-state index >= 15 is 0 Å². The zero-order valence-electron chi connectivity index (χ0n) is 16.7. The van der Waals surface area contributed by atoms with Crippen LogP contribution in [0.2, 0.25) is 0 Å². The lowest BCUT2D eigenvalue weighted by Crippen LogP contribution is -2.14. The van der Waals surface area contributed by atoms with Gasteiger partial charge in [0, 0.05) is 15.4 Å². The molecule has 0 heterocycles. The van der Waals surface area contributed by atoms with E-state index < -0.39 is 0 Å². The molecule has 3 aromatic rings. The van der Waals surface area contributed by atoms with Crippen molar-refractivity contribution in [2.45, 2.75) is 36.0 Å². The Morgan fingerprint density at radius 1 is 0.862 bits per heavy atom. The number of nitrogens with one attached hydrogen (secondary N) is 2. The SMILES string of the molecule is CC(C)(C)c1ccc(C(=O)Nc2ccccc2NSc2cccc(SN)c2)cc1. The number of carbonyl (C=O) groups is 1. The third kappa shape index (κ3) is 5.79. The van der Waals surface area contributed by atoms with Gasteiger partial charge in [-0.1, -0.05) is 51.1 Å². The number of rotatable bonds is 6. The van der Waals surface area contributed by atoms with Crippen molar-refractivity contribution >= 4 is 41.2 Å². The Balaban J connectivity index is 1.70. The van der Waals surface area contributed by atoms with Gasteiger partial charge in [0.25, 0.3) is 5.91 Å². The summed E-state index contributed by atoms with van der Waals surface area (Å²) >= 11 is 2.69. The maximum Gasteiger partial charge on any atom is 0.255 e. The molecule has 0 aliphatic carbocycles. The number of carbonyl (C=O) groups excluding carboxylic acids is 1. The minimum atomic E-state index is -0.133. The van der Waals surface area contributed by atoms with Crippen molar-refractivity contribution < 1.29 is 4.79 Å². The molecule has 1 amide bonds. The predicted octanol–water partition coefficient (Wildman–Crippen LogP) is 6.32. The van der Waals surface area contributed by atoms with Crippen molar-refractivity contribution in [2.75, 3.05) is 10.0 Å². The standard InChI is InChI=1S/C23H25N3OS2/c1-23(2,3)17-13-11-16(12-14-17)22(27)25-20-9-4-5-10-21(20)26-29-19-8-6-7-18(15-19)28-24/h4-15,26H,24H2,1-3H3,(H,25,27). The van der Waals surface area contributed by atoms with Gasteiger partial charge in [0.2, 0.25) is 0 Å². The van der Waals surface area contributed by atoms with Crippen molar-refractivity contribution in [1.82, 2.24) is 0 Å². The molecular weight excluding hydrogens is 398 g/mol. The van der Waals surface area contributed by atoms with Gasteiger partial charge in [-0.25, -0.2) is 0 Å². The van der Waals surface area contributed by atoms with Gasteiger partial charge < -0.3 is 10.0 Å². The zero-order chi connectivity index (χ0) is 20.9. The van der Waals surface area contributed by atoms with E-state index in [4.69, 9.17) is 5.14 Å². The Morgan fingerprint density at radius 3 is 2.17 bits per heavy atom. The van der Waals surface area contributed by atoms with Crippen LogP contribution >= 0.6 is 23.9 Å². The lowest BCUT2D eigenvalue weighted by molar-refractivity contribution is 0.102. The largest absolute Gasteiger partial charge is 0.324 e. The van der Waals surface area contributed by atoms with Crippen molar-refractivity contribution in [3.63, 3.8) is 0 Å². The van der Waals surface area contributed by atoms with Crippen LogP contribution in [0, 0.1) is 0 Å². The molecule has 0 fully saturated rings. The second kappa shape index (κ2) is 9.39. The molecule has 0 aromatic heterocycles. The van der Waals surface area contributed by atoms with Crippen LogP contribution in [0.25, 0.3) is 0 Å². The first kappa shape index (κ1) is 21.3. The summed E-state index contributed by atoms with van der Waals surface area (Å²) in [5.74, 6) is -0.133. The van der Waals surface area contributed by atoms with Crippen LogP contribution in [-0.2, 0) is 5.41 Å². The third-order valence-electron chi connectivity index (χ3n) is 4.41. The number of nitrogens with two attached hydrogens (primary N) is 1. The van der Waals surface area contributed by atoms with Gasteiger partial charge in [-0.2, -0.15) is 0 Å². The molecule has 3 rings (SSSR count). The number of hydrogen-bond donors (Lipinski definition) is 3. The number of para-hydroxylation sites is 2. The fourth-order valence-corrected chi connectivity index (χ4v) is 3.89. The van der Waals surface area contributed by atoms with Gasteiger partial charge in [-0.3, -0.25) is 9.93 Å². The Bertz CT molecular complexity index is 982. The first-order valence-electron chi connectivity index (χ1n) is 9.27. The van der Waals surface area contributed by atoms with Crippen LogP contribution in [0.15, 0.2) is 82.6 Å². The van der Waals surface area contributed by atoms with Crippen LogP contribution in [0.3, 0.4) is 0 Å². The zero-order valence-corrected chi connectivity index (χ0v) is 18.4. The van der Waals surface area contributed by atoms with Crippen LogP contribution in [0.4, 0.5) is 11.4 Å². The summed E-state index contributed by atoms with van der Waals surface area (Å²) < 4.78 is 3.32. The Kier molecular flexibility index (Phi) is 6.90. The summed E-state index contributed by atoms with van der Waals surface area (Å²) in [6, 6.07) is 23.4. The smallest absolute Gasteiger partial charge is 0.255 e. The molecule has 0 saturated heterocycles. The molecule has 0 radical (unpaired) electrons. The van der Waals surface area contributed by atoms with E-state index in [-0.39, 0.29) is 11.3 Å². The Labute approximate surface area is 180 Å². The van der Waals surface area contributed by atoms with E-state index in [2.05, 4.69) is 30.8 Å². The summed E-state index contributed by atoms with van der Waals surface area (Å²) in [5.41, 5.74) is 3.46. The average Bonchev–Trinajstić information content (AvgIpc) is 2.72. The average molecular weight is 424 g/mol. The summed E-state index contributed by atoms with van der Waals surface area (Å²) in [6.45, 7) is 6.47. The maximum atomic E-state index is 12.7. The number of anilines is 2. The van der Waals surface area contributed by atoms with E-state index in [1.54, 1.807) is 0 Å². The molecule has 29 heavy (non-hydrogen) atoms. The van der Waals surface area contributed by atoms with Gasteiger partial charge in [0.1, 0.15) is 0 Å². The molecular formula is C23H25N3OS2. The van der Waals surface area contributed by atoms with Gasteiger partial charge in [-0.15, -0.1) is 0 Å². The minimum Gasteiger partial charge on any atom is -0.324 e. The quantitative estimate of drug-likeness (QED) is 0.405. The highest BCUT2D eigenvalue weighted by molar-refractivity contribution is 8.00. The first-order valence-corrected chi connectivity index (χ1v) is 11.0. The lowest BCUT2D eigenvalue weighted by atomic mass is 9.87. The van der Waals surface area contributed by atoms with Gasteiger partial charge in [0.15, 0.2) is 0 Å². The van der Waals surface area contributed by atoms with E-state index in [9.17, 15) is 4.79 Å². The highest BCUT2D eigenvalue weighted by Gasteiger charge is 2.15. The van der Waals surface area contributed by atoms with E-state index in [1.165, 1.54) is 29.5 Å². The molecule has 6 heteroatoms. The number of amides is 1. The topological polar surface area (TPSA) is 67.2 Å². The van der Waals surface area contributed by atoms with E-state index in [0.717, 1.165) is 21.2 Å². The molecule has 150 valence electrons. The van der Waals surface area contributed by atoms with Crippen molar-refractivity contribution in [2.24, 2.45) is 5.14 Å². The maximum absolute atomic E-state index is 12.7. The van der Waals surface area contributed by atoms with Crippen LogP contribution in [0.1, 0.15) is 36.7 Å². The van der Waals surface area contributed by atoms with Gasteiger partial charge >= 0.3 is 0 Å². The molecule has 4 nitrogen and oxygen atoms in total. The van der Waals surface area contributed by atoms with Crippen molar-refractivity contribution in [1.29, 1.82) is 0 Å². The fraction of sp³-hybridized carbons (Fsp3) is 0.174. The lowest BCUT2D eigenvalue weighted by Gasteiger charge is -2.19. The highest BCUT2D eigenvalue weighted by atomic mass is 32.2. The van der Waals surface area contributed by atoms with Crippen LogP contribution < -0.4 is 15.2 Å². The second-order valence-electron chi connectivity index (χ2n) is 7.62. The third-order valence-corrected chi connectivity index (χ3v) is 5.75. The second-order valence-corrected chi connectivity index (χ2v) is 9.21. The summed E-state index contributed by atoms with van der Waals surface area (Å²) in [5, 5.41) is 8.64. The van der Waals surface area contributed by atoms with Gasteiger partial charge in [-0.05, 0) is 77.3 Å².